The molecule has 0 bridgehead atoms. The predicted molar refractivity (Wildman–Crippen MR) is 68.3 cm³/mol. The highest BCUT2D eigenvalue weighted by atomic mass is 32.2. The maximum absolute atomic E-state index is 5.73. The second kappa shape index (κ2) is 5.55. The Morgan fingerprint density at radius 2 is 2.00 bits per heavy atom. The lowest BCUT2D eigenvalue weighted by Crippen LogP contribution is -2.47. The summed E-state index contributed by atoms with van der Waals surface area (Å²) in [5, 5.41) is 0.841. The van der Waals surface area contributed by atoms with Gasteiger partial charge in [0.05, 0.1) is 0 Å². The van der Waals surface area contributed by atoms with Crippen molar-refractivity contribution in [3.05, 3.63) is 0 Å². The lowest BCUT2D eigenvalue weighted by Gasteiger charge is -2.41. The number of nitrogens with zero attached hydrogens (tertiary/aromatic N) is 1. The third kappa shape index (κ3) is 2.89. The van der Waals surface area contributed by atoms with Gasteiger partial charge in [0.2, 0.25) is 0 Å². The van der Waals surface area contributed by atoms with Crippen molar-refractivity contribution in [1.82, 2.24) is 4.90 Å². The second-order valence-corrected chi connectivity index (χ2v) is 6.49. The van der Waals surface area contributed by atoms with Gasteiger partial charge in [-0.25, -0.2) is 0 Å². The Bertz CT molecular complexity index is 190. The minimum Gasteiger partial charge on any atom is -0.330 e. The van der Waals surface area contributed by atoms with E-state index in [1.807, 2.05) is 0 Å². The van der Waals surface area contributed by atoms with Gasteiger partial charge in [0.15, 0.2) is 0 Å². The highest BCUT2D eigenvalue weighted by molar-refractivity contribution is 7.99. The maximum Gasteiger partial charge on any atom is 0.0212 e. The molecule has 0 aliphatic carbocycles. The first-order chi connectivity index (χ1) is 7.31. The smallest absolute Gasteiger partial charge is 0.0212 e. The molecule has 0 aromatic carbocycles. The van der Waals surface area contributed by atoms with Crippen LogP contribution in [0.15, 0.2) is 0 Å². The van der Waals surface area contributed by atoms with E-state index in [1.165, 1.54) is 44.5 Å². The summed E-state index contributed by atoms with van der Waals surface area (Å²) in [5.41, 5.74) is 5.73. The Morgan fingerprint density at radius 1 is 1.27 bits per heavy atom. The molecule has 2 atom stereocenters. The Labute approximate surface area is 98.0 Å². The van der Waals surface area contributed by atoms with Gasteiger partial charge in [0.25, 0.3) is 0 Å². The molecule has 2 aliphatic rings. The molecule has 2 rings (SSSR count). The molecule has 0 saturated carbocycles. The van der Waals surface area contributed by atoms with Gasteiger partial charge in [-0.05, 0) is 57.0 Å². The second-order valence-electron chi connectivity index (χ2n) is 5.00. The first-order valence-electron chi connectivity index (χ1n) is 6.37. The molecular formula is C12H24N2S. The number of piperidine rings is 1. The summed E-state index contributed by atoms with van der Waals surface area (Å²) in [6, 6.07) is 0.850. The van der Waals surface area contributed by atoms with E-state index < -0.39 is 0 Å². The lowest BCUT2D eigenvalue weighted by atomic mass is 9.94. The lowest BCUT2D eigenvalue weighted by molar-refractivity contribution is 0.126. The topological polar surface area (TPSA) is 29.3 Å². The minimum atomic E-state index is 0.799. The highest BCUT2D eigenvalue weighted by Gasteiger charge is 2.30. The van der Waals surface area contributed by atoms with Gasteiger partial charge in [-0.2, -0.15) is 11.8 Å². The molecule has 2 N–H and O–H groups in total. The van der Waals surface area contributed by atoms with Crippen molar-refractivity contribution in [2.24, 2.45) is 11.7 Å². The van der Waals surface area contributed by atoms with Crippen molar-refractivity contribution < 1.29 is 0 Å². The summed E-state index contributed by atoms with van der Waals surface area (Å²) in [6.07, 6.45) is 5.48. The van der Waals surface area contributed by atoms with E-state index in [1.54, 1.807) is 0 Å². The van der Waals surface area contributed by atoms with Crippen LogP contribution in [0.2, 0.25) is 0 Å². The minimum absolute atomic E-state index is 0.799. The molecule has 3 heteroatoms. The molecule has 2 fully saturated rings. The summed E-state index contributed by atoms with van der Waals surface area (Å²) in [4.78, 5) is 2.73. The molecule has 0 aromatic rings. The van der Waals surface area contributed by atoms with Gasteiger partial charge in [-0.15, -0.1) is 0 Å². The van der Waals surface area contributed by atoms with Crippen LogP contribution >= 0.6 is 11.8 Å². The van der Waals surface area contributed by atoms with Gasteiger partial charge in [0, 0.05) is 11.3 Å². The maximum atomic E-state index is 5.73. The van der Waals surface area contributed by atoms with Crippen LogP contribution in [-0.4, -0.2) is 41.6 Å². The molecule has 2 heterocycles. The van der Waals surface area contributed by atoms with E-state index >= 15 is 0 Å². The zero-order valence-corrected chi connectivity index (χ0v) is 10.6. The molecule has 15 heavy (non-hydrogen) atoms. The van der Waals surface area contributed by atoms with Crippen molar-refractivity contribution in [2.45, 2.75) is 43.9 Å². The SMILES string of the molecule is CC1SCCCC1N1CCC(CN)CC1. The van der Waals surface area contributed by atoms with E-state index in [0.717, 1.165) is 23.8 Å². The van der Waals surface area contributed by atoms with Gasteiger partial charge >= 0.3 is 0 Å². The summed E-state index contributed by atoms with van der Waals surface area (Å²) >= 11 is 2.16. The number of rotatable bonds is 2. The van der Waals surface area contributed by atoms with Crippen LogP contribution < -0.4 is 5.73 Å². The molecule has 88 valence electrons. The first-order valence-corrected chi connectivity index (χ1v) is 7.42. The summed E-state index contributed by atoms with van der Waals surface area (Å²) in [5.74, 6) is 2.17. The van der Waals surface area contributed by atoms with Crippen molar-refractivity contribution in [3.63, 3.8) is 0 Å². The van der Waals surface area contributed by atoms with Crippen molar-refractivity contribution in [3.8, 4) is 0 Å². The first kappa shape index (κ1) is 11.7. The predicted octanol–water partition coefficient (Wildman–Crippen LogP) is 1.94. The number of hydrogen-bond acceptors (Lipinski definition) is 3. The van der Waals surface area contributed by atoms with E-state index in [2.05, 4.69) is 23.6 Å². The number of thioether (sulfide) groups is 1. The standard InChI is InChI=1S/C12H24N2S/c1-10-12(3-2-8-15-10)14-6-4-11(9-13)5-7-14/h10-12H,2-9,13H2,1H3. The van der Waals surface area contributed by atoms with Gasteiger partial charge < -0.3 is 5.73 Å². The Morgan fingerprint density at radius 3 is 2.60 bits per heavy atom. The van der Waals surface area contributed by atoms with Gasteiger partial charge in [0.1, 0.15) is 0 Å². The molecule has 0 amide bonds. The third-order valence-electron chi connectivity index (χ3n) is 4.02. The molecule has 2 unspecified atom stereocenters. The zero-order chi connectivity index (χ0) is 10.7. The Balaban J connectivity index is 1.83. The zero-order valence-electron chi connectivity index (χ0n) is 9.82. The fourth-order valence-corrected chi connectivity index (χ4v) is 4.14. The van der Waals surface area contributed by atoms with Crippen LogP contribution in [-0.2, 0) is 0 Å². The molecule has 2 nitrogen and oxygen atoms in total. The van der Waals surface area contributed by atoms with Crippen LogP contribution in [0.25, 0.3) is 0 Å². The van der Waals surface area contributed by atoms with Crippen molar-refractivity contribution in [1.29, 1.82) is 0 Å². The van der Waals surface area contributed by atoms with Crippen LogP contribution in [0.5, 0.6) is 0 Å². The fourth-order valence-electron chi connectivity index (χ4n) is 2.91. The highest BCUT2D eigenvalue weighted by Crippen LogP contribution is 2.31. The van der Waals surface area contributed by atoms with Crippen LogP contribution in [0.1, 0.15) is 32.6 Å². The fraction of sp³-hybridized carbons (Fsp3) is 1.00. The largest absolute Gasteiger partial charge is 0.330 e. The third-order valence-corrected chi connectivity index (χ3v) is 5.38. The number of nitrogens with two attached hydrogens (primary N) is 1. The van der Waals surface area contributed by atoms with Crippen LogP contribution in [0.3, 0.4) is 0 Å². The van der Waals surface area contributed by atoms with Gasteiger partial charge in [-0.3, -0.25) is 4.90 Å². The molecule has 0 spiro atoms. The monoisotopic (exact) mass is 228 g/mol. The van der Waals surface area contributed by atoms with Crippen molar-refractivity contribution >= 4 is 11.8 Å². The van der Waals surface area contributed by atoms with Crippen molar-refractivity contribution in [2.75, 3.05) is 25.4 Å². The van der Waals surface area contributed by atoms with E-state index in [9.17, 15) is 0 Å². The number of hydrogen-bond donors (Lipinski definition) is 1. The molecule has 2 saturated heterocycles. The van der Waals surface area contributed by atoms with Crippen LogP contribution in [0, 0.1) is 5.92 Å². The summed E-state index contributed by atoms with van der Waals surface area (Å²) in [7, 11) is 0. The molecule has 0 radical (unpaired) electrons. The molecule has 2 aliphatic heterocycles. The van der Waals surface area contributed by atoms with E-state index in [0.29, 0.717) is 0 Å². The summed E-state index contributed by atoms with van der Waals surface area (Å²) < 4.78 is 0. The van der Waals surface area contributed by atoms with E-state index in [-0.39, 0.29) is 0 Å². The normalized spacial score (nSPS) is 35.6. The average molecular weight is 228 g/mol. The van der Waals surface area contributed by atoms with Gasteiger partial charge in [-0.1, -0.05) is 6.92 Å². The van der Waals surface area contributed by atoms with E-state index in [4.69, 9.17) is 5.73 Å². The number of likely N-dealkylation sites (tertiary alicyclic amines) is 1. The Hall–Kier alpha value is 0.270. The average Bonchev–Trinajstić information content (AvgIpc) is 2.30. The van der Waals surface area contributed by atoms with Crippen LogP contribution in [0.4, 0.5) is 0 Å². The quantitative estimate of drug-likeness (QED) is 0.783. The Kier molecular flexibility index (Phi) is 4.35. The molecular weight excluding hydrogens is 204 g/mol. The summed E-state index contributed by atoms with van der Waals surface area (Å²) in [6.45, 7) is 5.88. The molecule has 0 aromatic heterocycles.